The summed E-state index contributed by atoms with van der Waals surface area (Å²) in [5.41, 5.74) is 2.07. The Bertz CT molecular complexity index is 810. The smallest absolute Gasteiger partial charge is 0.226 e. The first-order valence-electron chi connectivity index (χ1n) is 10.2. The Morgan fingerprint density at radius 1 is 1.18 bits per heavy atom. The number of piperidine rings is 1. The predicted octanol–water partition coefficient (Wildman–Crippen LogP) is 4.21. The third kappa shape index (κ3) is 4.44. The zero-order valence-electron chi connectivity index (χ0n) is 16.8. The van der Waals surface area contributed by atoms with E-state index in [9.17, 15) is 4.79 Å². The lowest BCUT2D eigenvalue weighted by Crippen LogP contribution is -2.39. The van der Waals surface area contributed by atoms with Crippen molar-refractivity contribution in [3.05, 3.63) is 35.7 Å². The molecular weight excluding hydrogens is 370 g/mol. The summed E-state index contributed by atoms with van der Waals surface area (Å²) in [7, 11) is 0. The fourth-order valence-electron chi connectivity index (χ4n) is 4.18. The summed E-state index contributed by atoms with van der Waals surface area (Å²) < 4.78 is 5.95. The minimum absolute atomic E-state index is 0.346. The number of oxazole rings is 1. The molecule has 2 saturated heterocycles. The number of rotatable bonds is 6. The fraction of sp³-hybridized carbons (Fsp3) is 0.545. The number of hydrogen-bond acceptors (Lipinski definition) is 5. The van der Waals surface area contributed by atoms with E-state index in [1.54, 1.807) is 11.8 Å². The molecule has 4 rings (SSSR count). The molecule has 150 valence electrons. The molecule has 0 bridgehead atoms. The Balaban J connectivity index is 1.32. The van der Waals surface area contributed by atoms with Crippen LogP contribution in [-0.4, -0.2) is 53.1 Å². The van der Waals surface area contributed by atoms with Crippen LogP contribution >= 0.6 is 11.8 Å². The van der Waals surface area contributed by atoms with Crippen LogP contribution in [0, 0.1) is 12.8 Å². The van der Waals surface area contributed by atoms with Gasteiger partial charge < -0.3 is 9.32 Å². The standard InChI is InChI=1S/C22H29N3O2S/c1-16-20(23-22(27-16)18-5-7-19(28-2)8-6-18)15-24-12-9-17(10-13-24)14-25-11-3-4-21(25)26/h5-8,17H,3-4,9-15H2,1-2H3. The summed E-state index contributed by atoms with van der Waals surface area (Å²) in [5, 5.41) is 0. The Morgan fingerprint density at radius 2 is 1.93 bits per heavy atom. The lowest BCUT2D eigenvalue weighted by molar-refractivity contribution is -0.128. The average molecular weight is 400 g/mol. The largest absolute Gasteiger partial charge is 0.441 e. The molecule has 0 radical (unpaired) electrons. The Kier molecular flexibility index (Phi) is 6.07. The quantitative estimate of drug-likeness (QED) is 0.681. The van der Waals surface area contributed by atoms with Gasteiger partial charge >= 0.3 is 0 Å². The molecule has 28 heavy (non-hydrogen) atoms. The molecule has 1 aromatic carbocycles. The molecule has 5 nitrogen and oxygen atoms in total. The van der Waals surface area contributed by atoms with Crippen molar-refractivity contribution in [1.82, 2.24) is 14.8 Å². The second-order valence-electron chi connectivity index (χ2n) is 7.91. The number of carbonyl (C=O) groups is 1. The normalized spacial score (nSPS) is 18.9. The third-order valence-corrected chi connectivity index (χ3v) is 6.70. The summed E-state index contributed by atoms with van der Waals surface area (Å²) in [6, 6.07) is 8.36. The maximum Gasteiger partial charge on any atom is 0.226 e. The van der Waals surface area contributed by atoms with Gasteiger partial charge in [0.05, 0.1) is 5.69 Å². The summed E-state index contributed by atoms with van der Waals surface area (Å²) in [6.07, 6.45) is 6.17. The van der Waals surface area contributed by atoms with Crippen molar-refractivity contribution in [3.8, 4) is 11.5 Å². The van der Waals surface area contributed by atoms with Crippen molar-refractivity contribution >= 4 is 17.7 Å². The van der Waals surface area contributed by atoms with Gasteiger partial charge in [-0.25, -0.2) is 4.98 Å². The van der Waals surface area contributed by atoms with Gasteiger partial charge in [0.25, 0.3) is 0 Å². The van der Waals surface area contributed by atoms with Crippen LogP contribution in [0.3, 0.4) is 0 Å². The highest BCUT2D eigenvalue weighted by Crippen LogP contribution is 2.27. The monoisotopic (exact) mass is 399 g/mol. The van der Waals surface area contributed by atoms with Crippen LogP contribution in [0.4, 0.5) is 0 Å². The van der Waals surface area contributed by atoms with Crippen molar-refractivity contribution in [2.24, 2.45) is 5.92 Å². The van der Waals surface area contributed by atoms with Gasteiger partial charge in [0.15, 0.2) is 0 Å². The van der Waals surface area contributed by atoms with Gasteiger partial charge in [-0.3, -0.25) is 9.69 Å². The van der Waals surface area contributed by atoms with Crippen LogP contribution in [0.5, 0.6) is 0 Å². The number of thioether (sulfide) groups is 1. The van der Waals surface area contributed by atoms with Crippen molar-refractivity contribution in [1.29, 1.82) is 0 Å². The van der Waals surface area contributed by atoms with Crippen molar-refractivity contribution in [2.75, 3.05) is 32.4 Å². The number of benzene rings is 1. The molecule has 2 aliphatic rings. The van der Waals surface area contributed by atoms with Gasteiger partial charge in [-0.1, -0.05) is 0 Å². The number of hydrogen-bond donors (Lipinski definition) is 0. The molecule has 1 amide bonds. The molecule has 0 aliphatic carbocycles. The molecule has 0 saturated carbocycles. The van der Waals surface area contributed by atoms with Crippen LogP contribution in [0.25, 0.3) is 11.5 Å². The van der Waals surface area contributed by atoms with E-state index in [0.717, 1.165) is 75.4 Å². The molecular formula is C22H29N3O2S. The minimum Gasteiger partial charge on any atom is -0.441 e. The van der Waals surface area contributed by atoms with Crippen molar-refractivity contribution in [2.45, 2.75) is 44.0 Å². The van der Waals surface area contributed by atoms with Gasteiger partial charge in [0, 0.05) is 36.5 Å². The molecule has 0 N–H and O–H groups in total. The first kappa shape index (κ1) is 19.5. The first-order chi connectivity index (χ1) is 13.6. The summed E-state index contributed by atoms with van der Waals surface area (Å²) in [6.45, 7) is 6.89. The fourth-order valence-corrected chi connectivity index (χ4v) is 4.59. The predicted molar refractivity (Wildman–Crippen MR) is 112 cm³/mol. The first-order valence-corrected chi connectivity index (χ1v) is 11.5. The van der Waals surface area contributed by atoms with Crippen molar-refractivity contribution in [3.63, 3.8) is 0 Å². The Labute approximate surface area is 171 Å². The summed E-state index contributed by atoms with van der Waals surface area (Å²) >= 11 is 1.73. The van der Waals surface area contributed by atoms with E-state index in [2.05, 4.69) is 40.3 Å². The van der Waals surface area contributed by atoms with E-state index in [0.29, 0.717) is 17.7 Å². The molecule has 1 aromatic heterocycles. The molecule has 2 aliphatic heterocycles. The number of nitrogens with zero attached hydrogens (tertiary/aromatic N) is 3. The minimum atomic E-state index is 0.346. The molecule has 0 spiro atoms. The van der Waals surface area contributed by atoms with Gasteiger partial charge in [-0.15, -0.1) is 11.8 Å². The SMILES string of the molecule is CSc1ccc(-c2nc(CN3CCC(CN4CCCC4=O)CC3)c(C)o2)cc1. The number of aromatic nitrogens is 1. The molecule has 2 fully saturated rings. The number of aryl methyl sites for hydroxylation is 1. The van der Waals surface area contributed by atoms with Crippen LogP contribution < -0.4 is 0 Å². The molecule has 6 heteroatoms. The van der Waals surface area contributed by atoms with Crippen LogP contribution in [0.15, 0.2) is 33.6 Å². The van der Waals surface area contributed by atoms with E-state index in [4.69, 9.17) is 9.40 Å². The molecule has 2 aromatic rings. The number of carbonyl (C=O) groups excluding carboxylic acids is 1. The van der Waals surface area contributed by atoms with Gasteiger partial charge in [-0.05, 0) is 75.7 Å². The van der Waals surface area contributed by atoms with E-state index in [-0.39, 0.29) is 0 Å². The highest BCUT2D eigenvalue weighted by Gasteiger charge is 2.27. The van der Waals surface area contributed by atoms with Crippen LogP contribution in [-0.2, 0) is 11.3 Å². The summed E-state index contributed by atoms with van der Waals surface area (Å²) in [4.78, 5) is 22.4. The lowest BCUT2D eigenvalue weighted by atomic mass is 9.96. The van der Waals surface area contributed by atoms with E-state index in [1.807, 2.05) is 6.92 Å². The van der Waals surface area contributed by atoms with Crippen LogP contribution in [0.1, 0.15) is 37.1 Å². The molecule has 0 atom stereocenters. The Morgan fingerprint density at radius 3 is 2.57 bits per heavy atom. The topological polar surface area (TPSA) is 49.6 Å². The van der Waals surface area contributed by atoms with Gasteiger partial charge in [0.1, 0.15) is 5.76 Å². The average Bonchev–Trinajstić information content (AvgIpc) is 3.29. The second kappa shape index (κ2) is 8.70. The van der Waals surface area contributed by atoms with E-state index in [1.165, 1.54) is 4.90 Å². The highest BCUT2D eigenvalue weighted by atomic mass is 32.2. The second-order valence-corrected chi connectivity index (χ2v) is 8.79. The van der Waals surface area contributed by atoms with E-state index < -0.39 is 0 Å². The molecule has 0 unspecified atom stereocenters. The number of amides is 1. The van der Waals surface area contributed by atoms with Crippen LogP contribution in [0.2, 0.25) is 0 Å². The van der Waals surface area contributed by atoms with Gasteiger partial charge in [-0.2, -0.15) is 0 Å². The highest BCUT2D eigenvalue weighted by molar-refractivity contribution is 7.98. The van der Waals surface area contributed by atoms with Gasteiger partial charge in [0.2, 0.25) is 11.8 Å². The van der Waals surface area contributed by atoms with E-state index >= 15 is 0 Å². The maximum absolute atomic E-state index is 11.8. The van der Waals surface area contributed by atoms with Crippen molar-refractivity contribution < 1.29 is 9.21 Å². The maximum atomic E-state index is 11.8. The Hall–Kier alpha value is -1.79. The number of likely N-dealkylation sites (tertiary alicyclic amines) is 2. The third-order valence-electron chi connectivity index (χ3n) is 5.96. The lowest BCUT2D eigenvalue weighted by Gasteiger charge is -2.33. The molecule has 3 heterocycles. The zero-order chi connectivity index (χ0) is 19.5. The zero-order valence-corrected chi connectivity index (χ0v) is 17.6. The summed E-state index contributed by atoms with van der Waals surface area (Å²) in [5.74, 6) is 2.61.